The first kappa shape index (κ1) is 22.8. The Morgan fingerprint density at radius 3 is 2.39 bits per heavy atom. The van der Waals surface area contributed by atoms with Crippen LogP contribution in [0.25, 0.3) is 0 Å². The van der Waals surface area contributed by atoms with Gasteiger partial charge < -0.3 is 20.5 Å². The summed E-state index contributed by atoms with van der Waals surface area (Å²) in [7, 11) is 0. The number of nitrogens with one attached hydrogen (secondary N) is 2. The maximum absolute atomic E-state index is 11.8. The Morgan fingerprint density at radius 2 is 1.64 bits per heavy atom. The maximum Gasteiger partial charge on any atom is 0.315 e. The molecule has 0 aromatic carbocycles. The van der Waals surface area contributed by atoms with Gasteiger partial charge in [-0.25, -0.2) is 4.79 Å². The Hall–Kier alpha value is -1.44. The summed E-state index contributed by atoms with van der Waals surface area (Å²) < 4.78 is 5.29. The van der Waals surface area contributed by atoms with Gasteiger partial charge in [0.05, 0.1) is 18.7 Å². The number of hydrogen-bond acceptors (Lipinski definition) is 5. The summed E-state index contributed by atoms with van der Waals surface area (Å²) in [5.74, 6) is 0.146. The van der Waals surface area contributed by atoms with E-state index in [1.54, 1.807) is 0 Å². The normalized spacial score (nSPS) is 23.1. The van der Waals surface area contributed by atoms with Gasteiger partial charge in [-0.05, 0) is 25.7 Å². The van der Waals surface area contributed by atoms with E-state index < -0.39 is 5.97 Å². The third-order valence-corrected chi connectivity index (χ3v) is 6.86. The van der Waals surface area contributed by atoms with Crippen molar-refractivity contribution in [2.75, 3.05) is 12.4 Å². The van der Waals surface area contributed by atoms with Crippen LogP contribution in [0.1, 0.15) is 77.0 Å². The van der Waals surface area contributed by atoms with Gasteiger partial charge in [-0.1, -0.05) is 38.5 Å². The first-order valence-electron chi connectivity index (χ1n) is 10.6. The molecular formula is C20H34N2O5S. The fourth-order valence-corrected chi connectivity index (χ4v) is 5.32. The van der Waals surface area contributed by atoms with Crippen molar-refractivity contribution in [2.45, 2.75) is 94.4 Å². The lowest BCUT2D eigenvalue weighted by Crippen LogP contribution is -2.36. The lowest BCUT2D eigenvalue weighted by atomic mass is 10.0. The molecule has 8 heteroatoms. The minimum Gasteiger partial charge on any atom is -0.481 e. The number of hydrogen-bond donors (Lipinski definition) is 3. The van der Waals surface area contributed by atoms with Gasteiger partial charge in [-0.15, -0.1) is 0 Å². The van der Waals surface area contributed by atoms with Crippen molar-refractivity contribution in [3.8, 4) is 0 Å². The van der Waals surface area contributed by atoms with Crippen molar-refractivity contribution >= 4 is 29.7 Å². The molecule has 7 nitrogen and oxygen atoms in total. The van der Waals surface area contributed by atoms with E-state index in [0.717, 1.165) is 70.0 Å². The predicted octanol–water partition coefficient (Wildman–Crippen LogP) is 3.46. The molecule has 2 aliphatic rings. The highest BCUT2D eigenvalue weighted by molar-refractivity contribution is 8.00. The second-order valence-electron chi connectivity index (χ2n) is 7.71. The number of carboxylic acid groups (broad SMARTS) is 1. The minimum absolute atomic E-state index is 0.0536. The molecule has 2 fully saturated rings. The topological polar surface area (TPSA) is 105 Å². The minimum atomic E-state index is -0.715. The third-order valence-electron chi connectivity index (χ3n) is 5.36. The Bertz CT molecular complexity index is 517. The Kier molecular flexibility index (Phi) is 10.5. The van der Waals surface area contributed by atoms with E-state index in [1.165, 1.54) is 0 Å². The van der Waals surface area contributed by atoms with Gasteiger partial charge in [-0.3, -0.25) is 9.59 Å². The predicted molar refractivity (Wildman–Crippen MR) is 109 cm³/mol. The standard InChI is InChI=1S/C20H34N2O5S/c23-17(24)11-6-4-2-1-3-5-9-13-27-18(25)12-8-7-10-16-19-15(14-28-16)21-20(26)22-19/h15-16,19H,1-14H2,(H,23,24)(H2,21,22,26)/t15-,16-,19-/m0/s1. The number of urea groups is 1. The van der Waals surface area contributed by atoms with Crippen molar-refractivity contribution in [2.24, 2.45) is 0 Å². The second-order valence-corrected chi connectivity index (χ2v) is 8.98. The van der Waals surface area contributed by atoms with Crippen molar-refractivity contribution in [3.63, 3.8) is 0 Å². The molecule has 0 aromatic rings. The first-order chi connectivity index (χ1) is 13.6. The molecule has 0 spiro atoms. The summed E-state index contributed by atoms with van der Waals surface area (Å²) in [5, 5.41) is 14.9. The summed E-state index contributed by atoms with van der Waals surface area (Å²) in [4.78, 5) is 33.5. The molecule has 0 aliphatic carbocycles. The van der Waals surface area contributed by atoms with Crippen LogP contribution in [0.5, 0.6) is 0 Å². The molecule has 2 saturated heterocycles. The highest BCUT2D eigenvalue weighted by Gasteiger charge is 2.42. The van der Waals surface area contributed by atoms with Gasteiger partial charge in [0.1, 0.15) is 0 Å². The molecule has 2 heterocycles. The Balaban J connectivity index is 1.36. The van der Waals surface area contributed by atoms with Crippen LogP contribution in [-0.2, 0) is 14.3 Å². The number of ether oxygens (including phenoxy) is 1. The van der Waals surface area contributed by atoms with Gasteiger partial charge >= 0.3 is 18.0 Å². The summed E-state index contributed by atoms with van der Waals surface area (Å²) >= 11 is 1.90. The van der Waals surface area contributed by atoms with Gasteiger partial charge in [0.25, 0.3) is 0 Å². The zero-order valence-electron chi connectivity index (χ0n) is 16.6. The van der Waals surface area contributed by atoms with E-state index in [2.05, 4.69) is 10.6 Å². The quantitative estimate of drug-likeness (QED) is 0.215. The molecule has 0 aromatic heterocycles. The lowest BCUT2D eigenvalue weighted by Gasteiger charge is -2.16. The van der Waals surface area contributed by atoms with Crippen LogP contribution in [0, 0.1) is 0 Å². The average molecular weight is 415 g/mol. The van der Waals surface area contributed by atoms with Crippen LogP contribution in [0.3, 0.4) is 0 Å². The first-order valence-corrected chi connectivity index (χ1v) is 11.7. The van der Waals surface area contributed by atoms with Crippen molar-refractivity contribution in [3.05, 3.63) is 0 Å². The van der Waals surface area contributed by atoms with Gasteiger partial charge in [0.2, 0.25) is 0 Å². The average Bonchev–Trinajstić information content (AvgIpc) is 3.19. The number of esters is 1. The number of carboxylic acids is 1. The molecule has 0 radical (unpaired) electrons. The highest BCUT2D eigenvalue weighted by Crippen LogP contribution is 2.33. The SMILES string of the molecule is O=C(O)CCCCCCCCCOC(=O)CCCC[C@@H]1SC[C@@H]2NC(=O)N[C@@H]21. The summed E-state index contributed by atoms with van der Waals surface area (Å²) in [5.41, 5.74) is 0. The maximum atomic E-state index is 11.8. The molecule has 0 bridgehead atoms. The number of aliphatic carboxylic acids is 1. The van der Waals surface area contributed by atoms with E-state index in [0.29, 0.717) is 18.3 Å². The number of rotatable bonds is 15. The molecular weight excluding hydrogens is 380 g/mol. The van der Waals surface area contributed by atoms with Crippen molar-refractivity contribution in [1.29, 1.82) is 0 Å². The van der Waals surface area contributed by atoms with Crippen LogP contribution >= 0.6 is 11.8 Å². The van der Waals surface area contributed by atoms with E-state index >= 15 is 0 Å². The number of carbonyl (C=O) groups is 3. The molecule has 160 valence electrons. The zero-order chi connectivity index (χ0) is 20.2. The van der Waals surface area contributed by atoms with Crippen LogP contribution in [0.15, 0.2) is 0 Å². The molecule has 3 N–H and O–H groups in total. The number of fused-ring (bicyclic) bond motifs is 1. The van der Waals surface area contributed by atoms with E-state index in [1.807, 2.05) is 11.8 Å². The van der Waals surface area contributed by atoms with Gasteiger partial charge in [0, 0.05) is 23.8 Å². The monoisotopic (exact) mass is 414 g/mol. The molecule has 2 amide bonds. The van der Waals surface area contributed by atoms with Gasteiger partial charge in [0.15, 0.2) is 0 Å². The summed E-state index contributed by atoms with van der Waals surface area (Å²) in [6, 6.07) is 0.445. The Labute approximate surface area is 171 Å². The molecule has 2 aliphatic heterocycles. The number of unbranched alkanes of at least 4 members (excludes halogenated alkanes) is 7. The van der Waals surface area contributed by atoms with Crippen LogP contribution in [0.4, 0.5) is 4.79 Å². The Morgan fingerprint density at radius 1 is 0.964 bits per heavy atom. The molecule has 28 heavy (non-hydrogen) atoms. The zero-order valence-corrected chi connectivity index (χ0v) is 17.4. The highest BCUT2D eigenvalue weighted by atomic mass is 32.2. The number of amides is 2. The molecule has 3 atom stereocenters. The summed E-state index contributed by atoms with van der Waals surface area (Å²) in [6.45, 7) is 0.498. The third kappa shape index (κ3) is 8.71. The largest absolute Gasteiger partial charge is 0.481 e. The van der Waals surface area contributed by atoms with E-state index in [4.69, 9.17) is 9.84 Å². The van der Waals surface area contributed by atoms with E-state index in [9.17, 15) is 14.4 Å². The van der Waals surface area contributed by atoms with E-state index in [-0.39, 0.29) is 30.5 Å². The fraction of sp³-hybridized carbons (Fsp3) is 0.850. The van der Waals surface area contributed by atoms with Crippen LogP contribution < -0.4 is 10.6 Å². The fourth-order valence-electron chi connectivity index (χ4n) is 3.78. The second kappa shape index (κ2) is 12.9. The smallest absolute Gasteiger partial charge is 0.315 e. The molecule has 0 saturated carbocycles. The molecule has 0 unspecified atom stereocenters. The lowest BCUT2D eigenvalue weighted by molar-refractivity contribution is -0.144. The van der Waals surface area contributed by atoms with Crippen molar-refractivity contribution < 1.29 is 24.2 Å². The van der Waals surface area contributed by atoms with Crippen LogP contribution in [-0.4, -0.2) is 52.8 Å². The summed E-state index contributed by atoms with van der Waals surface area (Å²) in [6.07, 6.45) is 10.6. The van der Waals surface area contributed by atoms with Gasteiger partial charge in [-0.2, -0.15) is 11.8 Å². The number of thioether (sulfide) groups is 1. The molecule has 2 rings (SSSR count). The number of carbonyl (C=O) groups excluding carboxylic acids is 2. The van der Waals surface area contributed by atoms with Crippen molar-refractivity contribution in [1.82, 2.24) is 10.6 Å². The van der Waals surface area contributed by atoms with Crippen LogP contribution in [0.2, 0.25) is 0 Å².